The second-order valence-electron chi connectivity index (χ2n) is 6.35. The van der Waals surface area contributed by atoms with Gasteiger partial charge in [0.15, 0.2) is 0 Å². The van der Waals surface area contributed by atoms with E-state index in [2.05, 4.69) is 29.8 Å². The van der Waals surface area contributed by atoms with Gasteiger partial charge in [-0.15, -0.1) is 0 Å². The van der Waals surface area contributed by atoms with Crippen LogP contribution in [0.1, 0.15) is 27.2 Å². The maximum Gasteiger partial charge on any atom is 0.405 e. The van der Waals surface area contributed by atoms with E-state index < -0.39 is 11.7 Å². The van der Waals surface area contributed by atoms with Crippen LogP contribution in [0.2, 0.25) is 0 Å². The lowest BCUT2D eigenvalue weighted by atomic mass is 9.95. The number of halogens is 1. The summed E-state index contributed by atoms with van der Waals surface area (Å²) in [4.78, 5) is 11.2. The zero-order valence-corrected chi connectivity index (χ0v) is 15.2. The predicted octanol–water partition coefficient (Wildman–Crippen LogP) is 4.88. The van der Waals surface area contributed by atoms with Gasteiger partial charge in [0.25, 0.3) is 0 Å². The minimum absolute atomic E-state index is 0.250. The highest BCUT2D eigenvalue weighted by Gasteiger charge is 2.30. The molecule has 0 spiro atoms. The number of benzene rings is 2. The summed E-state index contributed by atoms with van der Waals surface area (Å²) in [6, 6.07) is 11.8. The summed E-state index contributed by atoms with van der Waals surface area (Å²) in [5, 5.41) is 2.08. The van der Waals surface area contributed by atoms with Gasteiger partial charge in [0, 0.05) is 9.86 Å². The molecule has 124 valence electrons. The number of amides is 1. The van der Waals surface area contributed by atoms with Gasteiger partial charge in [-0.2, -0.15) is 0 Å². The summed E-state index contributed by atoms with van der Waals surface area (Å²) >= 11 is 3.55. The van der Waals surface area contributed by atoms with Crippen LogP contribution in [0.15, 0.2) is 40.9 Å². The number of primary amides is 1. The Balaban J connectivity index is 2.24. The highest BCUT2D eigenvalue weighted by molar-refractivity contribution is 9.10. The average Bonchev–Trinajstić information content (AvgIpc) is 2.45. The molecule has 0 aliphatic rings. The predicted molar refractivity (Wildman–Crippen MR) is 95.7 cm³/mol. The molecule has 0 aliphatic heterocycles. The number of hydrogen-bond donors (Lipinski definition) is 1. The molecule has 0 saturated carbocycles. The summed E-state index contributed by atoms with van der Waals surface area (Å²) in [7, 11) is 0. The van der Waals surface area contributed by atoms with Crippen LogP contribution in [0.5, 0.6) is 5.75 Å². The fraction of sp³-hybridized carbons (Fsp3) is 0.389. The zero-order chi connectivity index (χ0) is 17.0. The van der Waals surface area contributed by atoms with E-state index in [9.17, 15) is 4.79 Å². The van der Waals surface area contributed by atoms with Crippen LogP contribution < -0.4 is 10.5 Å². The fourth-order valence-corrected chi connectivity index (χ4v) is 3.31. The van der Waals surface area contributed by atoms with Crippen LogP contribution >= 0.6 is 15.9 Å². The highest BCUT2D eigenvalue weighted by atomic mass is 79.9. The highest BCUT2D eigenvalue weighted by Crippen LogP contribution is 2.32. The van der Waals surface area contributed by atoms with Crippen LogP contribution in [0.3, 0.4) is 0 Å². The van der Waals surface area contributed by atoms with Crippen molar-refractivity contribution in [3.05, 3.63) is 40.9 Å². The largest absolute Gasteiger partial charge is 0.489 e. The van der Waals surface area contributed by atoms with Crippen LogP contribution in [0.4, 0.5) is 4.79 Å². The molecule has 1 unspecified atom stereocenters. The maximum atomic E-state index is 11.2. The zero-order valence-electron chi connectivity index (χ0n) is 13.6. The van der Waals surface area contributed by atoms with Crippen molar-refractivity contribution in [1.82, 2.24) is 0 Å². The van der Waals surface area contributed by atoms with Gasteiger partial charge in [-0.05, 0) is 36.8 Å². The molecule has 4 nitrogen and oxygen atoms in total. The molecule has 2 aromatic rings. The molecule has 5 heteroatoms. The Bertz CT molecular complexity index is 702. The minimum Gasteiger partial charge on any atom is -0.489 e. The summed E-state index contributed by atoms with van der Waals surface area (Å²) in [5.74, 6) is 1.11. The second kappa shape index (κ2) is 7.21. The Labute approximate surface area is 145 Å². The van der Waals surface area contributed by atoms with E-state index in [-0.39, 0.29) is 6.61 Å². The first-order valence-corrected chi connectivity index (χ1v) is 8.38. The number of rotatable bonds is 6. The molecule has 0 aromatic heterocycles. The van der Waals surface area contributed by atoms with Crippen LogP contribution in [-0.2, 0) is 4.74 Å². The lowest BCUT2D eigenvalue weighted by Crippen LogP contribution is -2.41. The van der Waals surface area contributed by atoms with Crippen LogP contribution in [-0.4, -0.2) is 18.3 Å². The minimum atomic E-state index is -0.780. The quantitative estimate of drug-likeness (QED) is 0.777. The molecule has 23 heavy (non-hydrogen) atoms. The molecule has 0 heterocycles. The van der Waals surface area contributed by atoms with Crippen molar-refractivity contribution in [3.63, 3.8) is 0 Å². The van der Waals surface area contributed by atoms with Crippen LogP contribution in [0.25, 0.3) is 10.8 Å². The molecule has 2 rings (SSSR count). The van der Waals surface area contributed by atoms with Crippen molar-refractivity contribution in [2.75, 3.05) is 6.61 Å². The van der Waals surface area contributed by atoms with Crippen molar-refractivity contribution in [3.8, 4) is 5.75 Å². The Morgan fingerprint density at radius 2 is 1.87 bits per heavy atom. The number of fused-ring (bicyclic) bond motifs is 1. The van der Waals surface area contributed by atoms with Gasteiger partial charge in [-0.25, -0.2) is 4.79 Å². The van der Waals surface area contributed by atoms with E-state index in [0.717, 1.165) is 21.0 Å². The molecule has 0 aliphatic carbocycles. The molecule has 2 N–H and O–H groups in total. The first-order chi connectivity index (χ1) is 10.8. The standard InChI is InChI=1S/C18H22BrNO3/c1-12(2)10-18(3,23-17(20)21)11-22-16-9-8-15(19)13-6-4-5-7-14(13)16/h4-9,12H,10-11H2,1-3H3,(H2,20,21). The topological polar surface area (TPSA) is 61.6 Å². The number of carbonyl (C=O) groups excluding carboxylic acids is 1. The van der Waals surface area contributed by atoms with Gasteiger partial charge in [0.1, 0.15) is 18.0 Å². The Hall–Kier alpha value is -1.75. The Morgan fingerprint density at radius 1 is 1.22 bits per heavy atom. The van der Waals surface area contributed by atoms with Gasteiger partial charge >= 0.3 is 6.09 Å². The first-order valence-electron chi connectivity index (χ1n) is 7.59. The smallest absolute Gasteiger partial charge is 0.405 e. The Morgan fingerprint density at radius 3 is 2.48 bits per heavy atom. The number of hydrogen-bond acceptors (Lipinski definition) is 3. The van der Waals surface area contributed by atoms with E-state index in [1.54, 1.807) is 0 Å². The van der Waals surface area contributed by atoms with Crippen molar-refractivity contribution in [2.45, 2.75) is 32.8 Å². The summed E-state index contributed by atoms with van der Waals surface area (Å²) in [6.45, 7) is 6.23. The van der Waals surface area contributed by atoms with Crippen molar-refractivity contribution >= 4 is 32.8 Å². The molecule has 1 amide bonds. The van der Waals surface area contributed by atoms with Crippen molar-refractivity contribution in [1.29, 1.82) is 0 Å². The van der Waals surface area contributed by atoms with E-state index in [4.69, 9.17) is 15.2 Å². The third-order valence-corrected chi connectivity index (χ3v) is 4.24. The summed E-state index contributed by atoms with van der Waals surface area (Å²) in [5.41, 5.74) is 4.45. The third kappa shape index (κ3) is 4.61. The van der Waals surface area contributed by atoms with Gasteiger partial charge in [-0.1, -0.05) is 54.0 Å². The fourth-order valence-electron chi connectivity index (χ4n) is 2.83. The SMILES string of the molecule is CC(C)CC(C)(COc1ccc(Br)c2ccccc12)OC(N)=O. The third-order valence-electron chi connectivity index (χ3n) is 3.55. The Kier molecular flexibility index (Phi) is 5.52. The van der Waals surface area contributed by atoms with Crippen LogP contribution in [0, 0.1) is 5.92 Å². The maximum absolute atomic E-state index is 11.2. The number of ether oxygens (including phenoxy) is 2. The molecule has 0 bridgehead atoms. The van der Waals surface area contributed by atoms with Gasteiger partial charge in [0.2, 0.25) is 0 Å². The monoisotopic (exact) mass is 379 g/mol. The number of nitrogens with two attached hydrogens (primary N) is 1. The second-order valence-corrected chi connectivity index (χ2v) is 7.20. The molecule has 1 atom stereocenters. The number of carbonyl (C=O) groups is 1. The summed E-state index contributed by atoms with van der Waals surface area (Å²) < 4.78 is 12.3. The molecule has 0 saturated heterocycles. The molecule has 0 fully saturated rings. The lowest BCUT2D eigenvalue weighted by molar-refractivity contribution is -0.0182. The first kappa shape index (κ1) is 17.6. The van der Waals surface area contributed by atoms with E-state index in [0.29, 0.717) is 12.3 Å². The van der Waals surface area contributed by atoms with E-state index in [1.807, 2.05) is 43.3 Å². The molecular formula is C18H22BrNO3. The van der Waals surface area contributed by atoms with E-state index in [1.165, 1.54) is 0 Å². The lowest BCUT2D eigenvalue weighted by Gasteiger charge is -2.30. The van der Waals surface area contributed by atoms with Crippen molar-refractivity contribution < 1.29 is 14.3 Å². The average molecular weight is 380 g/mol. The van der Waals surface area contributed by atoms with E-state index >= 15 is 0 Å². The molecular weight excluding hydrogens is 358 g/mol. The van der Waals surface area contributed by atoms with Crippen molar-refractivity contribution in [2.24, 2.45) is 11.7 Å². The van der Waals surface area contributed by atoms with Gasteiger partial charge < -0.3 is 15.2 Å². The molecule has 0 radical (unpaired) electrons. The van der Waals surface area contributed by atoms with Gasteiger partial charge in [0.05, 0.1) is 0 Å². The molecule has 2 aromatic carbocycles. The normalized spacial score (nSPS) is 13.8. The van der Waals surface area contributed by atoms with Gasteiger partial charge in [-0.3, -0.25) is 0 Å². The summed E-state index contributed by atoms with van der Waals surface area (Å²) in [6.07, 6.45) is -0.109.